The summed E-state index contributed by atoms with van der Waals surface area (Å²) in [5.41, 5.74) is 0.504. The minimum Gasteiger partial charge on any atom is -0.481 e. The van der Waals surface area contributed by atoms with Crippen molar-refractivity contribution in [1.82, 2.24) is 0 Å². The number of carbonyl (C=O) groups is 1. The van der Waals surface area contributed by atoms with E-state index < -0.39 is 35.3 Å². The van der Waals surface area contributed by atoms with Gasteiger partial charge in [-0.05, 0) is 84.0 Å². The Morgan fingerprint density at radius 3 is 2.10 bits per heavy atom. The summed E-state index contributed by atoms with van der Waals surface area (Å²) in [5, 5.41) is 9.99. The lowest BCUT2D eigenvalue weighted by atomic mass is 9.84. The minimum atomic E-state index is -4.77. The molecule has 2 unspecified atom stereocenters. The smallest absolute Gasteiger partial charge is 0.418 e. The Hall–Kier alpha value is -3.42. The minimum absolute atomic E-state index is 0.0466. The first-order chi connectivity index (χ1) is 18.8. The highest BCUT2D eigenvalue weighted by molar-refractivity contribution is 5.81. The summed E-state index contributed by atoms with van der Waals surface area (Å²) in [4.78, 5) is 13.8. The summed E-state index contributed by atoms with van der Waals surface area (Å²) in [7, 11) is 1.58. The molecule has 0 saturated heterocycles. The van der Waals surface area contributed by atoms with Crippen LogP contribution in [0.2, 0.25) is 0 Å². The first-order valence-corrected chi connectivity index (χ1v) is 13.5. The largest absolute Gasteiger partial charge is 0.481 e. The normalized spacial score (nSPS) is 13.3. The van der Waals surface area contributed by atoms with Crippen LogP contribution in [0.5, 0.6) is 0 Å². The van der Waals surface area contributed by atoms with Crippen LogP contribution in [0.3, 0.4) is 0 Å². The van der Waals surface area contributed by atoms with Gasteiger partial charge in [0.15, 0.2) is 0 Å². The SMILES string of the molecule is CC(C)CC(C(=O)O)c1cc(-c2ccccc2)cc(N(C)CCCC(C)Cc2cc(F)cc(F)c2)c1C(F)(F)F. The van der Waals surface area contributed by atoms with E-state index in [0.717, 1.165) is 6.07 Å². The second-order valence-corrected chi connectivity index (χ2v) is 11.0. The van der Waals surface area contributed by atoms with Crippen molar-refractivity contribution in [2.45, 2.75) is 58.5 Å². The number of aliphatic carboxylic acids is 1. The van der Waals surface area contributed by atoms with E-state index in [4.69, 9.17) is 0 Å². The molecule has 0 radical (unpaired) electrons. The van der Waals surface area contributed by atoms with Crippen molar-refractivity contribution in [3.8, 4) is 11.1 Å². The van der Waals surface area contributed by atoms with Crippen molar-refractivity contribution in [3.05, 3.63) is 89.0 Å². The molecular weight excluding hydrogens is 525 g/mol. The highest BCUT2D eigenvalue weighted by Gasteiger charge is 2.41. The Kier molecular flexibility index (Phi) is 10.3. The summed E-state index contributed by atoms with van der Waals surface area (Å²) in [6.07, 6.45) is -3.10. The number of carboxylic acid groups (broad SMARTS) is 1. The third-order valence-corrected chi connectivity index (χ3v) is 7.03. The summed E-state index contributed by atoms with van der Waals surface area (Å²) < 4.78 is 71.0. The van der Waals surface area contributed by atoms with E-state index in [2.05, 4.69) is 0 Å². The van der Waals surface area contributed by atoms with Gasteiger partial charge in [-0.2, -0.15) is 13.2 Å². The van der Waals surface area contributed by atoms with Crippen LogP contribution >= 0.6 is 0 Å². The quantitative estimate of drug-likeness (QED) is 0.224. The van der Waals surface area contributed by atoms with E-state index in [1.807, 2.05) is 6.92 Å². The molecule has 0 spiro atoms. The zero-order valence-corrected chi connectivity index (χ0v) is 23.2. The molecule has 0 aliphatic carbocycles. The number of nitrogens with zero attached hydrogens (tertiary/aromatic N) is 1. The van der Waals surface area contributed by atoms with E-state index in [-0.39, 0.29) is 36.1 Å². The summed E-state index contributed by atoms with van der Waals surface area (Å²) in [6.45, 7) is 5.79. The predicted octanol–water partition coefficient (Wildman–Crippen LogP) is 8.96. The molecule has 0 bridgehead atoms. The Bertz CT molecular complexity index is 1270. The second kappa shape index (κ2) is 13.3. The lowest BCUT2D eigenvalue weighted by molar-refractivity contribution is -0.141. The first-order valence-electron chi connectivity index (χ1n) is 13.5. The molecule has 40 heavy (non-hydrogen) atoms. The van der Waals surface area contributed by atoms with Crippen LogP contribution in [0.1, 0.15) is 62.6 Å². The molecule has 0 saturated carbocycles. The summed E-state index contributed by atoms with van der Waals surface area (Å²) in [5.74, 6) is -3.98. The van der Waals surface area contributed by atoms with Crippen molar-refractivity contribution in [3.63, 3.8) is 0 Å². The fraction of sp³-hybridized carbons (Fsp3) is 0.406. The fourth-order valence-corrected chi connectivity index (χ4v) is 5.19. The van der Waals surface area contributed by atoms with Crippen molar-refractivity contribution in [2.75, 3.05) is 18.5 Å². The van der Waals surface area contributed by atoms with E-state index in [9.17, 15) is 31.9 Å². The summed E-state index contributed by atoms with van der Waals surface area (Å²) >= 11 is 0. The zero-order valence-electron chi connectivity index (χ0n) is 23.2. The van der Waals surface area contributed by atoms with Crippen LogP contribution in [-0.2, 0) is 17.4 Å². The van der Waals surface area contributed by atoms with E-state index in [1.165, 1.54) is 29.2 Å². The zero-order chi connectivity index (χ0) is 29.6. The molecule has 0 aliphatic heterocycles. The van der Waals surface area contributed by atoms with Gasteiger partial charge in [0.25, 0.3) is 0 Å². The molecular formula is C32H36F5NO2. The highest BCUT2D eigenvalue weighted by Crippen LogP contribution is 2.45. The van der Waals surface area contributed by atoms with Gasteiger partial charge >= 0.3 is 12.1 Å². The third kappa shape index (κ3) is 8.29. The molecule has 0 heterocycles. The predicted molar refractivity (Wildman–Crippen MR) is 148 cm³/mol. The number of anilines is 1. The molecule has 3 rings (SSSR count). The molecule has 1 N–H and O–H groups in total. The molecule has 3 nitrogen and oxygen atoms in total. The van der Waals surface area contributed by atoms with E-state index in [1.54, 1.807) is 51.2 Å². The second-order valence-electron chi connectivity index (χ2n) is 11.0. The lowest BCUT2D eigenvalue weighted by Gasteiger charge is -2.29. The maximum Gasteiger partial charge on any atom is 0.418 e. The van der Waals surface area contributed by atoms with E-state index >= 15 is 0 Å². The summed E-state index contributed by atoms with van der Waals surface area (Å²) in [6, 6.07) is 15.2. The lowest BCUT2D eigenvalue weighted by Crippen LogP contribution is -2.26. The van der Waals surface area contributed by atoms with Crippen molar-refractivity contribution >= 4 is 11.7 Å². The van der Waals surface area contributed by atoms with Gasteiger partial charge in [-0.1, -0.05) is 51.1 Å². The van der Waals surface area contributed by atoms with Gasteiger partial charge in [0.05, 0.1) is 11.5 Å². The number of halogens is 5. The van der Waals surface area contributed by atoms with Crippen LogP contribution in [-0.4, -0.2) is 24.7 Å². The maximum absolute atomic E-state index is 14.6. The maximum atomic E-state index is 14.6. The number of carboxylic acids is 1. The molecule has 0 fully saturated rings. The van der Waals surface area contributed by atoms with Gasteiger partial charge in [0.2, 0.25) is 0 Å². The van der Waals surface area contributed by atoms with Crippen LogP contribution in [0.25, 0.3) is 11.1 Å². The van der Waals surface area contributed by atoms with Gasteiger partial charge in [-0.3, -0.25) is 4.79 Å². The fourth-order valence-electron chi connectivity index (χ4n) is 5.19. The average molecular weight is 562 g/mol. The molecule has 0 aromatic heterocycles. The third-order valence-electron chi connectivity index (χ3n) is 7.03. The molecule has 2 atom stereocenters. The number of benzene rings is 3. The standard InChI is InChI=1S/C32H36F5NO2/c1-20(2)13-28(31(39)40)27-17-24(23-10-6-5-7-11-23)18-29(30(27)32(35,36)37)38(4)12-8-9-21(3)14-22-15-25(33)19-26(34)16-22/h5-7,10-11,15-21,28H,8-9,12-14H2,1-4H3,(H,39,40). The van der Waals surface area contributed by atoms with Crippen LogP contribution in [0, 0.1) is 23.5 Å². The van der Waals surface area contributed by atoms with Crippen LogP contribution < -0.4 is 4.90 Å². The molecule has 0 amide bonds. The van der Waals surface area contributed by atoms with Crippen molar-refractivity contribution in [1.29, 1.82) is 0 Å². The van der Waals surface area contributed by atoms with Gasteiger partial charge in [-0.25, -0.2) is 8.78 Å². The number of rotatable bonds is 12. The Morgan fingerprint density at radius 2 is 1.55 bits per heavy atom. The van der Waals surface area contributed by atoms with E-state index in [0.29, 0.717) is 36.0 Å². The van der Waals surface area contributed by atoms with Gasteiger partial charge in [-0.15, -0.1) is 0 Å². The van der Waals surface area contributed by atoms with Crippen LogP contribution in [0.4, 0.5) is 27.6 Å². The number of hydrogen-bond donors (Lipinski definition) is 1. The molecule has 3 aromatic rings. The van der Waals surface area contributed by atoms with Crippen molar-refractivity contribution < 1.29 is 31.9 Å². The monoisotopic (exact) mass is 561 g/mol. The van der Waals surface area contributed by atoms with Gasteiger partial charge in [0.1, 0.15) is 11.6 Å². The molecule has 216 valence electrons. The topological polar surface area (TPSA) is 40.5 Å². The molecule has 0 aliphatic rings. The number of alkyl halides is 3. The highest BCUT2D eigenvalue weighted by atomic mass is 19.4. The molecule has 8 heteroatoms. The van der Waals surface area contributed by atoms with Gasteiger partial charge in [0, 0.05) is 25.3 Å². The van der Waals surface area contributed by atoms with Gasteiger partial charge < -0.3 is 10.0 Å². The Labute approximate surface area is 232 Å². The van der Waals surface area contributed by atoms with Crippen LogP contribution in [0.15, 0.2) is 60.7 Å². The molecule has 3 aromatic carbocycles. The first kappa shape index (κ1) is 31.1. The average Bonchev–Trinajstić information content (AvgIpc) is 2.85. The van der Waals surface area contributed by atoms with Crippen molar-refractivity contribution in [2.24, 2.45) is 11.8 Å². The number of hydrogen-bond acceptors (Lipinski definition) is 2. The Morgan fingerprint density at radius 1 is 0.925 bits per heavy atom. The Balaban J connectivity index is 1.95.